The number of pyridine rings is 1. The molecule has 0 aliphatic heterocycles. The van der Waals surface area contributed by atoms with Gasteiger partial charge in [0.1, 0.15) is 12.0 Å². The minimum atomic E-state index is -2.86. The number of oxazole rings is 1. The summed E-state index contributed by atoms with van der Waals surface area (Å²) in [4.78, 5) is 61.3. The van der Waals surface area contributed by atoms with E-state index in [1.807, 2.05) is 25.1 Å². The fraction of sp³-hybridized carbons (Fsp3) is 0.500. The van der Waals surface area contributed by atoms with Crippen molar-refractivity contribution in [2.24, 2.45) is 13.0 Å². The molecule has 4 heterocycles. The van der Waals surface area contributed by atoms with Crippen LogP contribution < -0.4 is 11.0 Å². The first-order valence-corrected chi connectivity index (χ1v) is 20.0. The van der Waals surface area contributed by atoms with Gasteiger partial charge in [-0.3, -0.25) is 33.2 Å². The van der Waals surface area contributed by atoms with Gasteiger partial charge in [0.2, 0.25) is 5.89 Å². The molecule has 1 N–H and O–H groups in total. The van der Waals surface area contributed by atoms with E-state index in [9.17, 15) is 28.0 Å². The quantitative estimate of drug-likeness (QED) is 0.0846. The SMILES string of the molecule is Cc1cc(-c2nc(C(=O)Nc3cn(C4CCC(CN(C)CCCOCCCc5cccc6c5n(C)c(=O)n6C5CCC(=O)CC5=O)CC4)nc3C(F)F)co2)ccn1. The van der Waals surface area contributed by atoms with Gasteiger partial charge in [-0.25, -0.2) is 18.6 Å². The van der Waals surface area contributed by atoms with Crippen molar-refractivity contribution < 1.29 is 32.3 Å². The molecule has 0 radical (unpaired) electrons. The second-order valence-electron chi connectivity index (χ2n) is 15.6. The largest absolute Gasteiger partial charge is 0.444 e. The number of para-hydroxylation sites is 1. The highest BCUT2D eigenvalue weighted by Crippen LogP contribution is 2.35. The maximum absolute atomic E-state index is 14.0. The molecule has 1 unspecified atom stereocenters. The number of carbonyl (C=O) groups is 3. The number of fused-ring (bicyclic) bond motifs is 1. The van der Waals surface area contributed by atoms with Crippen molar-refractivity contribution in [1.82, 2.24) is 33.8 Å². The maximum atomic E-state index is 14.0. The molecule has 58 heavy (non-hydrogen) atoms. The summed E-state index contributed by atoms with van der Waals surface area (Å²) in [5.74, 6) is -0.221. The first-order chi connectivity index (χ1) is 28.0. The number of hydrogen-bond donors (Lipinski definition) is 1. The molecule has 2 fully saturated rings. The normalized spacial score (nSPS) is 18.8. The van der Waals surface area contributed by atoms with Crippen LogP contribution in [0.2, 0.25) is 0 Å². The lowest BCUT2D eigenvalue weighted by molar-refractivity contribution is -0.132. The van der Waals surface area contributed by atoms with Gasteiger partial charge in [0, 0.05) is 63.4 Å². The Balaban J connectivity index is 0.824. The van der Waals surface area contributed by atoms with E-state index in [4.69, 9.17) is 9.15 Å². The Morgan fingerprint density at radius 3 is 2.64 bits per heavy atom. The predicted octanol–water partition coefficient (Wildman–Crippen LogP) is 6.65. The standard InChI is InChI=1S/C42H50F2N8O6/c1-26-21-29(16-17-45-26)41-47-33(25-58-41)40(55)46-32-24-51(48-37(32)39(43)44)30-12-10-27(11-13-30)23-49(2)18-6-20-57-19-5-8-28-7-4-9-35-38(28)50(3)42(56)52(35)34-15-14-31(53)22-36(34)54/h4,7,9,16-17,21,24-25,27,30,34,39H,5-6,8,10-15,18-20,22-23H2,1-3H3,(H,46,55). The highest BCUT2D eigenvalue weighted by Gasteiger charge is 2.32. The molecule has 7 rings (SSSR count). The number of carbonyl (C=O) groups excluding carboxylic acids is 3. The Hall–Kier alpha value is -5.35. The summed E-state index contributed by atoms with van der Waals surface area (Å²) >= 11 is 0. The highest BCUT2D eigenvalue weighted by atomic mass is 19.3. The molecule has 2 saturated carbocycles. The number of amides is 1. The van der Waals surface area contributed by atoms with E-state index in [0.29, 0.717) is 37.5 Å². The Morgan fingerprint density at radius 2 is 1.88 bits per heavy atom. The number of anilines is 1. The van der Waals surface area contributed by atoms with Crippen LogP contribution >= 0.6 is 0 Å². The molecule has 16 heteroatoms. The molecular formula is C42H50F2N8O6. The fourth-order valence-electron chi connectivity index (χ4n) is 8.41. The van der Waals surface area contributed by atoms with Crippen molar-refractivity contribution in [2.75, 3.05) is 38.7 Å². The molecule has 2 aliphatic carbocycles. The van der Waals surface area contributed by atoms with Crippen molar-refractivity contribution in [2.45, 2.75) is 89.6 Å². The molecule has 2 aliphatic rings. The molecular weight excluding hydrogens is 751 g/mol. The van der Waals surface area contributed by atoms with Crippen LogP contribution in [0.4, 0.5) is 14.5 Å². The summed E-state index contributed by atoms with van der Waals surface area (Å²) in [6.07, 6.45) is 7.85. The van der Waals surface area contributed by atoms with E-state index in [1.165, 1.54) is 12.5 Å². The molecule has 5 aromatic rings. The third-order valence-corrected chi connectivity index (χ3v) is 11.4. The third kappa shape index (κ3) is 9.18. The minimum Gasteiger partial charge on any atom is -0.444 e. The summed E-state index contributed by atoms with van der Waals surface area (Å²) in [6, 6.07) is 8.62. The summed E-state index contributed by atoms with van der Waals surface area (Å²) in [5, 5.41) is 6.76. The average molecular weight is 801 g/mol. The smallest absolute Gasteiger partial charge is 0.329 e. The van der Waals surface area contributed by atoms with Crippen LogP contribution in [0.3, 0.4) is 0 Å². The lowest BCUT2D eigenvalue weighted by Gasteiger charge is -2.31. The molecule has 1 amide bonds. The molecule has 308 valence electrons. The fourth-order valence-corrected chi connectivity index (χ4v) is 8.41. The minimum absolute atomic E-state index is 0.0308. The van der Waals surface area contributed by atoms with Gasteiger partial charge in [-0.1, -0.05) is 12.1 Å². The first-order valence-electron chi connectivity index (χ1n) is 20.0. The number of aryl methyl sites for hydroxylation is 3. The van der Waals surface area contributed by atoms with Crippen LogP contribution in [0.15, 0.2) is 58.2 Å². The van der Waals surface area contributed by atoms with Gasteiger partial charge in [0.25, 0.3) is 12.3 Å². The number of nitrogens with zero attached hydrogens (tertiary/aromatic N) is 7. The Kier molecular flexibility index (Phi) is 12.7. The molecule has 0 spiro atoms. The summed E-state index contributed by atoms with van der Waals surface area (Å²) in [7, 11) is 3.84. The van der Waals surface area contributed by atoms with E-state index in [-0.39, 0.29) is 47.0 Å². The van der Waals surface area contributed by atoms with Crippen LogP contribution in [-0.4, -0.2) is 84.6 Å². The summed E-state index contributed by atoms with van der Waals surface area (Å²) < 4.78 is 44.3. The number of imidazole rings is 1. The van der Waals surface area contributed by atoms with Gasteiger partial charge in [-0.15, -0.1) is 0 Å². The second-order valence-corrected chi connectivity index (χ2v) is 15.6. The van der Waals surface area contributed by atoms with Crippen LogP contribution in [0.25, 0.3) is 22.5 Å². The topological polar surface area (TPSA) is 159 Å². The van der Waals surface area contributed by atoms with E-state index < -0.39 is 24.1 Å². The monoisotopic (exact) mass is 800 g/mol. The van der Waals surface area contributed by atoms with Crippen LogP contribution in [0, 0.1) is 12.8 Å². The highest BCUT2D eigenvalue weighted by molar-refractivity contribution is 6.04. The number of alkyl halides is 2. The van der Waals surface area contributed by atoms with Gasteiger partial charge in [0.15, 0.2) is 17.2 Å². The average Bonchev–Trinajstić information content (AvgIpc) is 3.93. The number of nitrogens with one attached hydrogen (secondary N) is 1. The van der Waals surface area contributed by atoms with Crippen LogP contribution in [-0.2, 0) is 27.8 Å². The predicted molar refractivity (Wildman–Crippen MR) is 212 cm³/mol. The Morgan fingerprint density at radius 1 is 1.09 bits per heavy atom. The van der Waals surface area contributed by atoms with Crippen molar-refractivity contribution in [3.05, 3.63) is 82.1 Å². The Labute approximate surface area is 334 Å². The zero-order valence-corrected chi connectivity index (χ0v) is 33.2. The number of ether oxygens (including phenoxy) is 1. The lowest BCUT2D eigenvalue weighted by atomic mass is 9.86. The lowest BCUT2D eigenvalue weighted by Crippen LogP contribution is -2.34. The maximum Gasteiger partial charge on any atom is 0.329 e. The number of halogens is 2. The van der Waals surface area contributed by atoms with Gasteiger partial charge in [-0.2, -0.15) is 5.10 Å². The molecule has 0 bridgehead atoms. The number of Topliss-reactive ketones (excluding diaryl/α,β-unsaturated/α-hetero) is 2. The van der Waals surface area contributed by atoms with E-state index in [1.54, 1.807) is 39.2 Å². The van der Waals surface area contributed by atoms with Crippen molar-refractivity contribution in [3.63, 3.8) is 0 Å². The Bertz CT molecular complexity index is 2320. The number of benzene rings is 1. The van der Waals surface area contributed by atoms with Gasteiger partial charge >= 0.3 is 5.69 Å². The van der Waals surface area contributed by atoms with Gasteiger partial charge in [-0.05, 0) is 95.0 Å². The molecule has 14 nitrogen and oxygen atoms in total. The van der Waals surface area contributed by atoms with E-state index >= 15 is 0 Å². The number of ketones is 2. The third-order valence-electron chi connectivity index (χ3n) is 11.4. The molecule has 0 saturated heterocycles. The van der Waals surface area contributed by atoms with Crippen molar-refractivity contribution in [1.29, 1.82) is 0 Å². The van der Waals surface area contributed by atoms with Crippen molar-refractivity contribution in [3.8, 4) is 11.5 Å². The van der Waals surface area contributed by atoms with E-state index in [0.717, 1.165) is 80.3 Å². The number of hydrogen-bond acceptors (Lipinski definition) is 10. The number of aromatic nitrogens is 6. The second kappa shape index (κ2) is 18.1. The zero-order chi connectivity index (χ0) is 40.9. The van der Waals surface area contributed by atoms with Crippen molar-refractivity contribution >= 4 is 34.2 Å². The van der Waals surface area contributed by atoms with Crippen LogP contribution in [0.1, 0.15) is 104 Å². The van der Waals surface area contributed by atoms with Gasteiger partial charge in [0.05, 0.1) is 35.2 Å². The summed E-state index contributed by atoms with van der Waals surface area (Å²) in [6.45, 7) is 4.85. The molecule has 1 aromatic carbocycles. The van der Waals surface area contributed by atoms with Crippen LogP contribution in [0.5, 0.6) is 0 Å². The van der Waals surface area contributed by atoms with E-state index in [2.05, 4.69) is 32.3 Å². The zero-order valence-electron chi connectivity index (χ0n) is 33.2. The molecule has 4 aromatic heterocycles. The molecule has 1 atom stereocenters. The van der Waals surface area contributed by atoms with Gasteiger partial charge < -0.3 is 19.4 Å². The summed E-state index contributed by atoms with van der Waals surface area (Å²) in [5.41, 5.74) is 3.20. The first kappa shape index (κ1) is 40.8. The number of rotatable bonds is 16.